The van der Waals surface area contributed by atoms with Crippen LogP contribution in [0, 0.1) is 17.8 Å². The summed E-state index contributed by atoms with van der Waals surface area (Å²) in [6.07, 6.45) is 10.1. The minimum absolute atomic E-state index is 0.287. The SMILES string of the molecule is CC(CC(=O)N1CCN(C(=O)CC2CCCCC2)CC1)C1CCNCC1. The summed E-state index contributed by atoms with van der Waals surface area (Å²) in [5.74, 6) is 2.35. The smallest absolute Gasteiger partial charge is 0.222 e. The van der Waals surface area contributed by atoms with Gasteiger partial charge >= 0.3 is 0 Å². The molecule has 5 nitrogen and oxygen atoms in total. The number of hydrogen-bond donors (Lipinski definition) is 1. The van der Waals surface area contributed by atoms with Crippen LogP contribution in [0.2, 0.25) is 0 Å². The van der Waals surface area contributed by atoms with Crippen molar-refractivity contribution in [2.45, 2.75) is 64.7 Å². The molecule has 26 heavy (non-hydrogen) atoms. The van der Waals surface area contributed by atoms with Crippen molar-refractivity contribution in [1.29, 1.82) is 0 Å². The van der Waals surface area contributed by atoms with E-state index in [0.717, 1.165) is 32.6 Å². The fraction of sp³-hybridized carbons (Fsp3) is 0.905. The van der Waals surface area contributed by atoms with Crippen LogP contribution >= 0.6 is 0 Å². The van der Waals surface area contributed by atoms with Gasteiger partial charge in [-0.05, 0) is 56.5 Å². The summed E-state index contributed by atoms with van der Waals surface area (Å²) in [6, 6.07) is 0. The van der Waals surface area contributed by atoms with Crippen LogP contribution in [-0.4, -0.2) is 60.9 Å². The lowest BCUT2D eigenvalue weighted by atomic mass is 9.84. The van der Waals surface area contributed by atoms with E-state index in [1.807, 2.05) is 9.80 Å². The van der Waals surface area contributed by atoms with Crippen molar-refractivity contribution in [3.05, 3.63) is 0 Å². The molecule has 1 atom stereocenters. The molecule has 148 valence electrons. The number of piperazine rings is 1. The van der Waals surface area contributed by atoms with Crippen LogP contribution in [0.5, 0.6) is 0 Å². The third-order valence-electron chi connectivity index (χ3n) is 6.86. The number of nitrogens with one attached hydrogen (secondary N) is 1. The van der Waals surface area contributed by atoms with Crippen molar-refractivity contribution in [2.75, 3.05) is 39.3 Å². The molecule has 1 unspecified atom stereocenters. The molecular formula is C21H37N3O2. The molecule has 1 aliphatic carbocycles. The molecule has 3 fully saturated rings. The van der Waals surface area contributed by atoms with Gasteiger partial charge < -0.3 is 15.1 Å². The Morgan fingerprint density at radius 2 is 1.46 bits per heavy atom. The first kappa shape index (κ1) is 19.7. The highest BCUT2D eigenvalue weighted by Crippen LogP contribution is 2.27. The minimum atomic E-state index is 0.287. The van der Waals surface area contributed by atoms with E-state index in [9.17, 15) is 9.59 Å². The fourth-order valence-corrected chi connectivity index (χ4v) is 4.96. The number of nitrogens with zero attached hydrogens (tertiary/aromatic N) is 2. The molecule has 3 aliphatic rings. The lowest BCUT2D eigenvalue weighted by Crippen LogP contribution is -2.51. The third kappa shape index (κ3) is 5.45. The Labute approximate surface area is 158 Å². The molecule has 2 aliphatic heterocycles. The van der Waals surface area contributed by atoms with Crippen LogP contribution in [0.25, 0.3) is 0 Å². The molecule has 3 rings (SSSR count). The van der Waals surface area contributed by atoms with E-state index in [-0.39, 0.29) is 5.91 Å². The van der Waals surface area contributed by atoms with Gasteiger partial charge in [-0.3, -0.25) is 9.59 Å². The lowest BCUT2D eigenvalue weighted by Gasteiger charge is -2.37. The molecule has 2 saturated heterocycles. The van der Waals surface area contributed by atoms with Gasteiger partial charge in [0.15, 0.2) is 0 Å². The molecule has 0 aromatic carbocycles. The Morgan fingerprint density at radius 1 is 0.885 bits per heavy atom. The zero-order valence-corrected chi connectivity index (χ0v) is 16.5. The fourth-order valence-electron chi connectivity index (χ4n) is 4.96. The maximum Gasteiger partial charge on any atom is 0.222 e. The predicted molar refractivity (Wildman–Crippen MR) is 104 cm³/mol. The number of rotatable bonds is 5. The summed E-state index contributed by atoms with van der Waals surface area (Å²) >= 11 is 0. The number of carbonyl (C=O) groups excluding carboxylic acids is 2. The van der Waals surface area contributed by atoms with Crippen molar-refractivity contribution in [3.63, 3.8) is 0 Å². The average molecular weight is 364 g/mol. The molecule has 5 heteroatoms. The van der Waals surface area contributed by atoms with Gasteiger partial charge in [0, 0.05) is 39.0 Å². The normalized spacial score (nSPS) is 24.5. The Balaban J connectivity index is 1.38. The highest BCUT2D eigenvalue weighted by molar-refractivity contribution is 5.78. The predicted octanol–water partition coefficient (Wildman–Crippen LogP) is 2.65. The first-order valence-corrected chi connectivity index (χ1v) is 10.9. The Bertz CT molecular complexity index is 462. The Kier molecular flexibility index (Phi) is 7.35. The Morgan fingerprint density at radius 3 is 2.08 bits per heavy atom. The summed E-state index contributed by atoms with van der Waals surface area (Å²) in [6.45, 7) is 7.29. The summed E-state index contributed by atoms with van der Waals surface area (Å²) in [7, 11) is 0. The second kappa shape index (κ2) is 9.72. The third-order valence-corrected chi connectivity index (χ3v) is 6.86. The van der Waals surface area contributed by atoms with E-state index in [1.165, 1.54) is 44.9 Å². The molecule has 0 aromatic rings. The van der Waals surface area contributed by atoms with Crippen LogP contribution in [0.3, 0.4) is 0 Å². The van der Waals surface area contributed by atoms with Crippen molar-refractivity contribution >= 4 is 11.8 Å². The highest BCUT2D eigenvalue weighted by atomic mass is 16.2. The zero-order chi connectivity index (χ0) is 18.4. The van der Waals surface area contributed by atoms with Gasteiger partial charge in [0.05, 0.1) is 0 Å². The van der Waals surface area contributed by atoms with E-state index in [1.54, 1.807) is 0 Å². The molecule has 1 N–H and O–H groups in total. The van der Waals surface area contributed by atoms with Crippen LogP contribution < -0.4 is 5.32 Å². The van der Waals surface area contributed by atoms with Crippen molar-refractivity contribution in [1.82, 2.24) is 15.1 Å². The number of carbonyl (C=O) groups is 2. The van der Waals surface area contributed by atoms with E-state index < -0.39 is 0 Å². The van der Waals surface area contributed by atoms with Gasteiger partial charge in [0.1, 0.15) is 0 Å². The number of amides is 2. The molecule has 0 spiro atoms. The van der Waals surface area contributed by atoms with Gasteiger partial charge in [-0.2, -0.15) is 0 Å². The van der Waals surface area contributed by atoms with Gasteiger partial charge in [0.25, 0.3) is 0 Å². The standard InChI is InChI=1S/C21H37N3O2/c1-17(19-7-9-22-10-8-19)15-20(25)23-11-13-24(14-12-23)21(26)16-18-5-3-2-4-6-18/h17-19,22H,2-16H2,1H3. The lowest BCUT2D eigenvalue weighted by molar-refractivity contribution is -0.141. The topological polar surface area (TPSA) is 52.7 Å². The second-order valence-electron chi connectivity index (χ2n) is 8.74. The number of piperidine rings is 1. The molecule has 0 bridgehead atoms. The van der Waals surface area contributed by atoms with Gasteiger partial charge in [-0.15, -0.1) is 0 Å². The summed E-state index contributed by atoms with van der Waals surface area (Å²) in [4.78, 5) is 29.2. The van der Waals surface area contributed by atoms with E-state index in [4.69, 9.17) is 0 Å². The number of hydrogen-bond acceptors (Lipinski definition) is 3. The first-order valence-electron chi connectivity index (χ1n) is 10.9. The summed E-state index contributed by atoms with van der Waals surface area (Å²) < 4.78 is 0. The average Bonchev–Trinajstić information content (AvgIpc) is 2.69. The van der Waals surface area contributed by atoms with Crippen LogP contribution in [0.15, 0.2) is 0 Å². The molecule has 0 aromatic heterocycles. The minimum Gasteiger partial charge on any atom is -0.339 e. The van der Waals surface area contributed by atoms with Crippen LogP contribution in [0.1, 0.15) is 64.7 Å². The maximum atomic E-state index is 12.7. The van der Waals surface area contributed by atoms with E-state index in [0.29, 0.717) is 43.2 Å². The van der Waals surface area contributed by atoms with Crippen molar-refractivity contribution in [2.24, 2.45) is 17.8 Å². The highest BCUT2D eigenvalue weighted by Gasteiger charge is 2.28. The van der Waals surface area contributed by atoms with E-state index in [2.05, 4.69) is 12.2 Å². The quantitative estimate of drug-likeness (QED) is 0.817. The Hall–Kier alpha value is -1.10. The molecule has 1 saturated carbocycles. The second-order valence-corrected chi connectivity index (χ2v) is 8.74. The van der Waals surface area contributed by atoms with Crippen molar-refractivity contribution in [3.8, 4) is 0 Å². The molecule has 2 amide bonds. The monoisotopic (exact) mass is 363 g/mol. The maximum absolute atomic E-state index is 12.7. The largest absolute Gasteiger partial charge is 0.339 e. The molecule has 0 radical (unpaired) electrons. The van der Waals surface area contributed by atoms with Crippen LogP contribution in [0.4, 0.5) is 0 Å². The van der Waals surface area contributed by atoms with Gasteiger partial charge in [0.2, 0.25) is 11.8 Å². The zero-order valence-electron chi connectivity index (χ0n) is 16.5. The molecular weight excluding hydrogens is 326 g/mol. The first-order chi connectivity index (χ1) is 12.6. The summed E-state index contributed by atoms with van der Waals surface area (Å²) in [5, 5.41) is 3.40. The van der Waals surface area contributed by atoms with E-state index >= 15 is 0 Å². The van der Waals surface area contributed by atoms with Crippen LogP contribution in [-0.2, 0) is 9.59 Å². The van der Waals surface area contributed by atoms with Gasteiger partial charge in [-0.25, -0.2) is 0 Å². The van der Waals surface area contributed by atoms with Crippen molar-refractivity contribution < 1.29 is 9.59 Å². The van der Waals surface area contributed by atoms with Gasteiger partial charge in [-0.1, -0.05) is 26.2 Å². The molecule has 2 heterocycles. The summed E-state index contributed by atoms with van der Waals surface area (Å²) in [5.41, 5.74) is 0.